The maximum Gasteiger partial charge on any atom is 0.373 e. The SMILES string of the molecule is C=CCOC(=O)C1=CC(c2c(C)n(C)n(-c3ccccc3)c2=O)C(CCCO)C(OCC)O1. The van der Waals surface area contributed by atoms with Crippen LogP contribution < -0.4 is 5.56 Å². The lowest BCUT2D eigenvalue weighted by Crippen LogP contribution is -2.38. The highest BCUT2D eigenvalue weighted by Gasteiger charge is 2.41. The molecular formula is C25H32N2O6. The van der Waals surface area contributed by atoms with Gasteiger partial charge in [-0.2, -0.15) is 0 Å². The first-order valence-corrected chi connectivity index (χ1v) is 11.2. The van der Waals surface area contributed by atoms with Crippen LogP contribution >= 0.6 is 0 Å². The summed E-state index contributed by atoms with van der Waals surface area (Å²) in [5, 5.41) is 9.46. The number of para-hydroxylation sites is 1. The molecule has 0 saturated carbocycles. The first-order valence-electron chi connectivity index (χ1n) is 11.2. The van der Waals surface area contributed by atoms with Gasteiger partial charge in [0, 0.05) is 43.4 Å². The number of hydrogen-bond donors (Lipinski definition) is 1. The van der Waals surface area contributed by atoms with Crippen molar-refractivity contribution in [3.8, 4) is 5.69 Å². The first-order chi connectivity index (χ1) is 15.9. The summed E-state index contributed by atoms with van der Waals surface area (Å²) in [6.45, 7) is 7.70. The highest BCUT2D eigenvalue weighted by atomic mass is 16.7. The number of aliphatic hydroxyl groups is 1. The highest BCUT2D eigenvalue weighted by Crippen LogP contribution is 2.39. The van der Waals surface area contributed by atoms with Crippen LogP contribution in [0.15, 0.2) is 59.6 Å². The molecule has 1 aliphatic heterocycles. The molecule has 0 fully saturated rings. The molecule has 0 aliphatic carbocycles. The predicted molar refractivity (Wildman–Crippen MR) is 124 cm³/mol. The lowest BCUT2D eigenvalue weighted by atomic mass is 9.80. The van der Waals surface area contributed by atoms with E-state index in [-0.39, 0.29) is 30.5 Å². The van der Waals surface area contributed by atoms with Gasteiger partial charge in [0.2, 0.25) is 12.0 Å². The number of rotatable bonds is 10. The van der Waals surface area contributed by atoms with Gasteiger partial charge < -0.3 is 19.3 Å². The zero-order valence-electron chi connectivity index (χ0n) is 19.4. The van der Waals surface area contributed by atoms with E-state index in [2.05, 4.69) is 6.58 Å². The highest BCUT2D eigenvalue weighted by molar-refractivity contribution is 5.86. The quantitative estimate of drug-likeness (QED) is 0.437. The van der Waals surface area contributed by atoms with Crippen LogP contribution in [0.5, 0.6) is 0 Å². The second kappa shape index (κ2) is 11.2. The number of nitrogens with zero attached hydrogens (tertiary/aromatic N) is 2. The molecule has 0 bridgehead atoms. The Bertz CT molecular complexity index is 1050. The number of allylic oxidation sites excluding steroid dienone is 1. The van der Waals surface area contributed by atoms with Gasteiger partial charge in [0.15, 0.2) is 0 Å². The molecule has 3 atom stereocenters. The fourth-order valence-corrected chi connectivity index (χ4v) is 4.26. The molecule has 8 nitrogen and oxygen atoms in total. The second-order valence-corrected chi connectivity index (χ2v) is 7.89. The number of hydrogen-bond acceptors (Lipinski definition) is 6. The van der Waals surface area contributed by atoms with Gasteiger partial charge in [-0.15, -0.1) is 0 Å². The van der Waals surface area contributed by atoms with Crippen LogP contribution in [-0.2, 0) is 26.1 Å². The molecule has 1 aliphatic rings. The molecule has 2 heterocycles. The lowest BCUT2D eigenvalue weighted by Gasteiger charge is -2.36. The van der Waals surface area contributed by atoms with Crippen molar-refractivity contribution >= 4 is 5.97 Å². The van der Waals surface area contributed by atoms with Crippen LogP contribution in [0, 0.1) is 12.8 Å². The minimum Gasteiger partial charge on any atom is -0.457 e. The van der Waals surface area contributed by atoms with Crippen molar-refractivity contribution in [2.45, 2.75) is 38.9 Å². The van der Waals surface area contributed by atoms with Gasteiger partial charge >= 0.3 is 5.97 Å². The Kier molecular flexibility index (Phi) is 8.30. The third-order valence-corrected chi connectivity index (χ3v) is 5.88. The summed E-state index contributed by atoms with van der Waals surface area (Å²) < 4.78 is 20.3. The number of carbonyl (C=O) groups excluding carboxylic acids is 1. The third kappa shape index (κ3) is 5.12. The molecule has 2 aromatic rings. The zero-order valence-corrected chi connectivity index (χ0v) is 19.4. The smallest absolute Gasteiger partial charge is 0.373 e. The van der Waals surface area contributed by atoms with Crippen LogP contribution in [-0.4, -0.2) is 46.6 Å². The van der Waals surface area contributed by atoms with E-state index in [1.54, 1.807) is 10.8 Å². The summed E-state index contributed by atoms with van der Waals surface area (Å²) in [6.07, 6.45) is 3.44. The average molecular weight is 457 g/mol. The van der Waals surface area contributed by atoms with Gasteiger partial charge in [-0.1, -0.05) is 30.9 Å². The number of carbonyl (C=O) groups is 1. The van der Waals surface area contributed by atoms with E-state index in [9.17, 15) is 14.7 Å². The van der Waals surface area contributed by atoms with Crippen molar-refractivity contribution in [2.24, 2.45) is 13.0 Å². The van der Waals surface area contributed by atoms with E-state index in [4.69, 9.17) is 14.2 Å². The van der Waals surface area contributed by atoms with Crippen molar-refractivity contribution in [1.82, 2.24) is 9.36 Å². The normalized spacial score (nSPS) is 20.1. The minimum atomic E-state index is -0.757. The molecule has 0 radical (unpaired) electrons. The number of esters is 1. The van der Waals surface area contributed by atoms with Gasteiger partial charge in [-0.25, -0.2) is 9.48 Å². The second-order valence-electron chi connectivity index (χ2n) is 7.89. The molecule has 8 heteroatoms. The zero-order chi connectivity index (χ0) is 24.0. The maximum atomic E-state index is 13.7. The van der Waals surface area contributed by atoms with Gasteiger partial charge in [0.1, 0.15) is 6.61 Å². The molecule has 3 unspecified atom stereocenters. The molecule has 33 heavy (non-hydrogen) atoms. The Labute approximate surface area is 193 Å². The van der Waals surface area contributed by atoms with Gasteiger partial charge in [-0.05, 0) is 44.9 Å². The molecule has 0 saturated heterocycles. The number of aliphatic hydroxyl groups excluding tert-OH is 1. The number of benzene rings is 1. The molecule has 0 spiro atoms. The summed E-state index contributed by atoms with van der Waals surface area (Å²) in [5.41, 5.74) is 1.91. The summed E-state index contributed by atoms with van der Waals surface area (Å²) in [7, 11) is 1.83. The maximum absolute atomic E-state index is 13.7. The fourth-order valence-electron chi connectivity index (χ4n) is 4.26. The Hall–Kier alpha value is -3.10. The van der Waals surface area contributed by atoms with E-state index in [1.807, 2.05) is 55.9 Å². The predicted octanol–water partition coefficient (Wildman–Crippen LogP) is 2.96. The summed E-state index contributed by atoms with van der Waals surface area (Å²) in [4.78, 5) is 26.3. The van der Waals surface area contributed by atoms with Gasteiger partial charge in [0.25, 0.3) is 5.56 Å². The van der Waals surface area contributed by atoms with E-state index in [1.165, 1.54) is 6.08 Å². The number of ether oxygens (including phenoxy) is 3. The summed E-state index contributed by atoms with van der Waals surface area (Å²) in [5.74, 6) is -1.36. The van der Waals surface area contributed by atoms with Crippen molar-refractivity contribution in [2.75, 3.05) is 19.8 Å². The van der Waals surface area contributed by atoms with Crippen LogP contribution in [0.3, 0.4) is 0 Å². The first kappa shape index (κ1) is 24.5. The van der Waals surface area contributed by atoms with Gasteiger partial charge in [-0.3, -0.25) is 9.48 Å². The fraction of sp³-hybridized carbons (Fsp3) is 0.440. The van der Waals surface area contributed by atoms with E-state index >= 15 is 0 Å². The molecule has 1 aromatic heterocycles. The summed E-state index contributed by atoms with van der Waals surface area (Å²) in [6, 6.07) is 9.39. The molecule has 1 N–H and O–H groups in total. The van der Waals surface area contributed by atoms with E-state index < -0.39 is 18.2 Å². The largest absolute Gasteiger partial charge is 0.457 e. The van der Waals surface area contributed by atoms with Crippen molar-refractivity contribution in [3.63, 3.8) is 0 Å². The third-order valence-electron chi connectivity index (χ3n) is 5.88. The van der Waals surface area contributed by atoms with E-state index in [0.29, 0.717) is 25.0 Å². The van der Waals surface area contributed by atoms with Crippen LogP contribution in [0.2, 0.25) is 0 Å². The minimum absolute atomic E-state index is 0.00202. The Morgan fingerprint density at radius 3 is 2.67 bits per heavy atom. The van der Waals surface area contributed by atoms with E-state index in [0.717, 1.165) is 11.4 Å². The van der Waals surface area contributed by atoms with Crippen LogP contribution in [0.4, 0.5) is 0 Å². The van der Waals surface area contributed by atoms with Crippen LogP contribution in [0.25, 0.3) is 5.69 Å². The molecule has 178 valence electrons. The van der Waals surface area contributed by atoms with Crippen molar-refractivity contribution < 1.29 is 24.1 Å². The Balaban J connectivity index is 2.15. The standard InChI is InChI=1S/C25H32N2O6/c1-5-15-32-24(30)21-16-20(19(13-10-14-28)25(33-21)31-6-2)22-17(3)26(4)27(23(22)29)18-11-8-7-9-12-18/h5,7-9,11-12,16,19-20,25,28H,1,6,10,13-15H2,2-4H3. The topological polar surface area (TPSA) is 91.9 Å². The molecular weight excluding hydrogens is 424 g/mol. The lowest BCUT2D eigenvalue weighted by molar-refractivity contribution is -0.175. The molecule has 1 aromatic carbocycles. The summed E-state index contributed by atoms with van der Waals surface area (Å²) >= 11 is 0. The molecule has 0 amide bonds. The molecule has 3 rings (SSSR count). The van der Waals surface area contributed by atoms with Crippen LogP contribution in [0.1, 0.15) is 36.9 Å². The Morgan fingerprint density at radius 2 is 2.03 bits per heavy atom. The van der Waals surface area contributed by atoms with Gasteiger partial charge in [0.05, 0.1) is 5.69 Å². The number of aromatic nitrogens is 2. The Morgan fingerprint density at radius 1 is 1.30 bits per heavy atom. The van der Waals surface area contributed by atoms with Crippen molar-refractivity contribution in [3.05, 3.63) is 76.4 Å². The average Bonchev–Trinajstić information content (AvgIpc) is 3.04. The monoisotopic (exact) mass is 456 g/mol. The van der Waals surface area contributed by atoms with Crippen molar-refractivity contribution in [1.29, 1.82) is 0 Å².